The molecule has 0 saturated heterocycles. The third kappa shape index (κ3) is 3.10. The topological polar surface area (TPSA) is 80.7 Å². The first-order valence-corrected chi connectivity index (χ1v) is 9.13. The zero-order chi connectivity index (χ0) is 18.3. The molecule has 3 heterocycles. The summed E-state index contributed by atoms with van der Waals surface area (Å²) in [4.78, 5) is 26.0. The molecule has 4 rings (SSSR count). The molecule has 0 radical (unpaired) electrons. The minimum absolute atomic E-state index is 0.0872. The fourth-order valence-corrected chi connectivity index (χ4v) is 3.77. The summed E-state index contributed by atoms with van der Waals surface area (Å²) in [5.74, 6) is -0.427. The van der Waals surface area contributed by atoms with Crippen LogP contribution >= 0.6 is 15.9 Å². The molecule has 2 amide bonds. The number of pyridine rings is 1. The maximum absolute atomic E-state index is 12.9. The van der Waals surface area contributed by atoms with Gasteiger partial charge in [-0.1, -0.05) is 18.2 Å². The normalized spacial score (nSPS) is 13.7. The average Bonchev–Trinajstić information content (AvgIpc) is 3.03. The van der Waals surface area contributed by atoms with Gasteiger partial charge >= 0.3 is 0 Å². The standard InChI is InChI=1S/C19H17BrN4O2/c20-14-4-5-15-9-17(22-24(15)11-14)19(26)23-7-6-16-12(8-18(21)25)2-1-3-13(16)10-23/h1-5,9,11H,6-8,10H2,(H2,21,25). The summed E-state index contributed by atoms with van der Waals surface area (Å²) in [6.07, 6.45) is 2.77. The van der Waals surface area contributed by atoms with Gasteiger partial charge in [0.2, 0.25) is 5.91 Å². The number of carbonyl (C=O) groups is 2. The Bertz CT molecular complexity index is 1030. The van der Waals surface area contributed by atoms with E-state index in [1.807, 2.05) is 36.5 Å². The maximum Gasteiger partial charge on any atom is 0.274 e. The van der Waals surface area contributed by atoms with Gasteiger partial charge in [-0.3, -0.25) is 9.59 Å². The van der Waals surface area contributed by atoms with Gasteiger partial charge in [-0.15, -0.1) is 0 Å². The van der Waals surface area contributed by atoms with E-state index in [4.69, 9.17) is 5.73 Å². The Labute approximate surface area is 158 Å². The molecule has 0 saturated carbocycles. The number of hydrogen-bond acceptors (Lipinski definition) is 3. The van der Waals surface area contributed by atoms with E-state index in [1.165, 1.54) is 0 Å². The molecule has 0 fully saturated rings. The van der Waals surface area contributed by atoms with E-state index >= 15 is 0 Å². The van der Waals surface area contributed by atoms with Crippen molar-refractivity contribution in [3.8, 4) is 0 Å². The van der Waals surface area contributed by atoms with Crippen LogP contribution < -0.4 is 5.73 Å². The summed E-state index contributed by atoms with van der Waals surface area (Å²) in [5, 5.41) is 4.40. The van der Waals surface area contributed by atoms with E-state index in [9.17, 15) is 9.59 Å². The predicted molar refractivity (Wildman–Crippen MR) is 101 cm³/mol. The van der Waals surface area contributed by atoms with Gasteiger partial charge in [0, 0.05) is 23.8 Å². The Morgan fingerprint density at radius 1 is 1.23 bits per heavy atom. The summed E-state index contributed by atoms with van der Waals surface area (Å²) in [5.41, 5.74) is 9.80. The number of nitrogens with two attached hydrogens (primary N) is 1. The van der Waals surface area contributed by atoms with Crippen molar-refractivity contribution >= 4 is 33.3 Å². The van der Waals surface area contributed by atoms with Crippen molar-refractivity contribution < 1.29 is 9.59 Å². The number of carbonyl (C=O) groups excluding carboxylic acids is 2. The highest BCUT2D eigenvalue weighted by atomic mass is 79.9. The van der Waals surface area contributed by atoms with Gasteiger partial charge in [0.25, 0.3) is 5.91 Å². The van der Waals surface area contributed by atoms with Crippen molar-refractivity contribution in [1.82, 2.24) is 14.5 Å². The molecular formula is C19H17BrN4O2. The minimum atomic E-state index is -0.340. The van der Waals surface area contributed by atoms with Crippen LogP contribution in [0.4, 0.5) is 0 Å². The lowest BCUT2D eigenvalue weighted by atomic mass is 9.92. The molecule has 6 nitrogen and oxygen atoms in total. The summed E-state index contributed by atoms with van der Waals surface area (Å²) in [6, 6.07) is 11.5. The Balaban J connectivity index is 1.59. The van der Waals surface area contributed by atoms with Crippen molar-refractivity contribution in [1.29, 1.82) is 0 Å². The molecule has 0 bridgehead atoms. The monoisotopic (exact) mass is 412 g/mol. The van der Waals surface area contributed by atoms with Crippen LogP contribution in [0.15, 0.2) is 47.1 Å². The third-order valence-electron chi connectivity index (χ3n) is 4.66. The molecule has 2 N–H and O–H groups in total. The summed E-state index contributed by atoms with van der Waals surface area (Å²) in [6.45, 7) is 1.11. The van der Waals surface area contributed by atoms with Gasteiger partial charge in [0.1, 0.15) is 0 Å². The molecule has 2 aromatic heterocycles. The molecule has 0 spiro atoms. The predicted octanol–water partition coefficient (Wildman–Crippen LogP) is 2.32. The third-order valence-corrected chi connectivity index (χ3v) is 5.13. The molecule has 1 aromatic carbocycles. The van der Waals surface area contributed by atoms with Gasteiger partial charge < -0.3 is 10.6 Å². The summed E-state index contributed by atoms with van der Waals surface area (Å²) in [7, 11) is 0. The summed E-state index contributed by atoms with van der Waals surface area (Å²) >= 11 is 3.41. The molecule has 0 unspecified atom stereocenters. The molecule has 3 aromatic rings. The largest absolute Gasteiger partial charge is 0.369 e. The first-order chi connectivity index (χ1) is 12.5. The van der Waals surface area contributed by atoms with Gasteiger partial charge in [-0.25, -0.2) is 4.52 Å². The van der Waals surface area contributed by atoms with Crippen LogP contribution in [0.25, 0.3) is 5.52 Å². The van der Waals surface area contributed by atoms with Crippen LogP contribution in [0.1, 0.15) is 27.2 Å². The zero-order valence-electron chi connectivity index (χ0n) is 14.0. The fraction of sp³-hybridized carbons (Fsp3) is 0.211. The fourth-order valence-electron chi connectivity index (χ4n) is 3.44. The van der Waals surface area contributed by atoms with Crippen molar-refractivity contribution in [2.24, 2.45) is 5.73 Å². The molecule has 0 atom stereocenters. The number of primary amides is 1. The first-order valence-electron chi connectivity index (χ1n) is 8.33. The van der Waals surface area contributed by atoms with E-state index in [0.717, 1.165) is 26.7 Å². The van der Waals surface area contributed by atoms with Crippen molar-refractivity contribution in [3.63, 3.8) is 0 Å². The number of halogens is 1. The molecule has 1 aliphatic rings. The van der Waals surface area contributed by atoms with Crippen LogP contribution in [0.3, 0.4) is 0 Å². The quantitative estimate of drug-likeness (QED) is 0.716. The van der Waals surface area contributed by atoms with Crippen molar-refractivity contribution in [2.75, 3.05) is 6.54 Å². The number of amides is 2. The number of nitrogens with zero attached hydrogens (tertiary/aromatic N) is 3. The van der Waals surface area contributed by atoms with E-state index in [1.54, 1.807) is 15.5 Å². The average molecular weight is 413 g/mol. The number of aromatic nitrogens is 2. The Hall–Kier alpha value is -2.67. The second-order valence-corrected chi connectivity index (χ2v) is 7.34. The molecular weight excluding hydrogens is 396 g/mol. The minimum Gasteiger partial charge on any atom is -0.369 e. The highest BCUT2D eigenvalue weighted by Crippen LogP contribution is 2.24. The lowest BCUT2D eigenvalue weighted by Gasteiger charge is -2.29. The molecule has 132 valence electrons. The van der Waals surface area contributed by atoms with E-state index in [-0.39, 0.29) is 18.2 Å². The highest BCUT2D eigenvalue weighted by molar-refractivity contribution is 9.10. The van der Waals surface area contributed by atoms with Crippen LogP contribution in [0.5, 0.6) is 0 Å². The van der Waals surface area contributed by atoms with Gasteiger partial charge in [-0.2, -0.15) is 5.10 Å². The van der Waals surface area contributed by atoms with Crippen molar-refractivity contribution in [3.05, 3.63) is 69.5 Å². The zero-order valence-corrected chi connectivity index (χ0v) is 15.6. The molecule has 26 heavy (non-hydrogen) atoms. The molecule has 1 aliphatic heterocycles. The van der Waals surface area contributed by atoms with Gasteiger partial charge in [0.15, 0.2) is 5.69 Å². The SMILES string of the molecule is NC(=O)Cc1cccc2c1CCN(C(=O)c1cc3ccc(Br)cn3n1)C2. The van der Waals surface area contributed by atoms with E-state index in [2.05, 4.69) is 21.0 Å². The lowest BCUT2D eigenvalue weighted by Crippen LogP contribution is -2.36. The first kappa shape index (κ1) is 16.8. The van der Waals surface area contributed by atoms with Crippen molar-refractivity contribution in [2.45, 2.75) is 19.4 Å². The second-order valence-electron chi connectivity index (χ2n) is 6.42. The highest BCUT2D eigenvalue weighted by Gasteiger charge is 2.25. The Morgan fingerprint density at radius 3 is 2.88 bits per heavy atom. The van der Waals surface area contributed by atoms with E-state index in [0.29, 0.717) is 25.2 Å². The Kier molecular flexibility index (Phi) is 4.24. The lowest BCUT2D eigenvalue weighted by molar-refractivity contribution is -0.117. The van der Waals surface area contributed by atoms with Gasteiger partial charge in [-0.05, 0) is 57.2 Å². The van der Waals surface area contributed by atoms with Crippen LogP contribution in [0.2, 0.25) is 0 Å². The maximum atomic E-state index is 12.9. The smallest absolute Gasteiger partial charge is 0.274 e. The van der Waals surface area contributed by atoms with Crippen LogP contribution in [0, 0.1) is 0 Å². The molecule has 0 aliphatic carbocycles. The number of hydrogen-bond donors (Lipinski definition) is 1. The summed E-state index contributed by atoms with van der Waals surface area (Å²) < 4.78 is 2.60. The molecule has 7 heteroatoms. The van der Waals surface area contributed by atoms with Crippen LogP contribution in [-0.4, -0.2) is 32.9 Å². The van der Waals surface area contributed by atoms with Gasteiger partial charge in [0.05, 0.1) is 11.9 Å². The Morgan fingerprint density at radius 2 is 2.08 bits per heavy atom. The number of rotatable bonds is 3. The number of benzene rings is 1. The second kappa shape index (κ2) is 6.57. The van der Waals surface area contributed by atoms with Crippen LogP contribution in [-0.2, 0) is 24.2 Å². The number of fused-ring (bicyclic) bond motifs is 2. The van der Waals surface area contributed by atoms with E-state index < -0.39 is 0 Å².